The molecular formula is C9H13F3N4. The van der Waals surface area contributed by atoms with Crippen LogP contribution in [-0.4, -0.2) is 29.2 Å². The highest BCUT2D eigenvalue weighted by Gasteiger charge is 2.31. The van der Waals surface area contributed by atoms with Crippen molar-refractivity contribution in [3.8, 4) is 0 Å². The molecule has 0 amide bonds. The fraction of sp³-hybridized carbons (Fsp3) is 0.556. The maximum Gasteiger partial charge on any atom is 0.405 e. The molecule has 0 aromatic carbocycles. The lowest BCUT2D eigenvalue weighted by atomic mass is 10.3. The molecule has 0 atom stereocenters. The Hall–Kier alpha value is -1.53. The molecule has 1 aromatic heterocycles. The van der Waals surface area contributed by atoms with Gasteiger partial charge in [-0.2, -0.15) is 13.2 Å². The Labute approximate surface area is 91.3 Å². The largest absolute Gasteiger partial charge is 0.405 e. The molecule has 1 heterocycles. The van der Waals surface area contributed by atoms with Gasteiger partial charge in [-0.3, -0.25) is 0 Å². The van der Waals surface area contributed by atoms with Crippen LogP contribution >= 0.6 is 0 Å². The molecule has 0 saturated heterocycles. The Kier molecular flexibility index (Phi) is 3.92. The van der Waals surface area contributed by atoms with Crippen LogP contribution in [-0.2, 0) is 0 Å². The van der Waals surface area contributed by atoms with Gasteiger partial charge in [0.2, 0.25) is 0 Å². The summed E-state index contributed by atoms with van der Waals surface area (Å²) in [6.07, 6.45) is -1.04. The lowest BCUT2D eigenvalue weighted by Gasteiger charge is -2.24. The van der Waals surface area contributed by atoms with Crippen LogP contribution in [0.4, 0.5) is 24.8 Å². The predicted molar refractivity (Wildman–Crippen MR) is 55.0 cm³/mol. The molecule has 0 bridgehead atoms. The summed E-state index contributed by atoms with van der Waals surface area (Å²) in [6.45, 7) is 0.960. The lowest BCUT2D eigenvalue weighted by Crippen LogP contribution is -2.36. The molecule has 16 heavy (non-hydrogen) atoms. The van der Waals surface area contributed by atoms with Crippen LogP contribution in [0.5, 0.6) is 0 Å². The van der Waals surface area contributed by atoms with Gasteiger partial charge in [-0.15, -0.1) is 0 Å². The third kappa shape index (κ3) is 3.56. The first-order chi connectivity index (χ1) is 7.44. The Morgan fingerprint density at radius 2 is 1.94 bits per heavy atom. The summed E-state index contributed by atoms with van der Waals surface area (Å²) in [7, 11) is 0. The SMILES string of the molecule is CCCN(CC(F)(F)F)c1nccnc1N. The number of nitrogens with two attached hydrogens (primary N) is 1. The predicted octanol–water partition coefficient (Wildman–Crippen LogP) is 1.84. The molecule has 0 fully saturated rings. The van der Waals surface area contributed by atoms with Gasteiger partial charge in [0, 0.05) is 18.9 Å². The standard InChI is InChI=1S/C9H13F3N4/c1-2-5-16(6-9(10,11)12)8-7(13)14-3-4-15-8/h3-4H,2,5-6H2,1H3,(H2,13,14). The summed E-state index contributed by atoms with van der Waals surface area (Å²) in [4.78, 5) is 8.62. The smallest absolute Gasteiger partial charge is 0.381 e. The fourth-order valence-corrected chi connectivity index (χ4v) is 1.33. The average Bonchev–Trinajstić information content (AvgIpc) is 2.16. The van der Waals surface area contributed by atoms with E-state index in [9.17, 15) is 13.2 Å². The van der Waals surface area contributed by atoms with Crippen LogP contribution < -0.4 is 10.6 Å². The van der Waals surface area contributed by atoms with Gasteiger partial charge in [0.25, 0.3) is 0 Å². The van der Waals surface area contributed by atoms with Crippen LogP contribution in [0.3, 0.4) is 0 Å². The number of rotatable bonds is 4. The van der Waals surface area contributed by atoms with Crippen LogP contribution in [0.25, 0.3) is 0 Å². The first-order valence-electron chi connectivity index (χ1n) is 4.82. The summed E-state index contributed by atoms with van der Waals surface area (Å²) in [5.74, 6) is 0.0990. The maximum atomic E-state index is 12.3. The van der Waals surface area contributed by atoms with Gasteiger partial charge in [-0.1, -0.05) is 6.92 Å². The van der Waals surface area contributed by atoms with Crippen molar-refractivity contribution in [2.24, 2.45) is 0 Å². The number of hydrogen-bond donors (Lipinski definition) is 1. The molecule has 7 heteroatoms. The van der Waals surface area contributed by atoms with Gasteiger partial charge in [0.05, 0.1) is 0 Å². The third-order valence-electron chi connectivity index (χ3n) is 1.87. The van der Waals surface area contributed by atoms with E-state index in [0.29, 0.717) is 6.42 Å². The topological polar surface area (TPSA) is 55.0 Å². The van der Waals surface area contributed by atoms with Gasteiger partial charge >= 0.3 is 6.18 Å². The van der Waals surface area contributed by atoms with Gasteiger partial charge < -0.3 is 10.6 Å². The van der Waals surface area contributed by atoms with Gasteiger partial charge in [-0.05, 0) is 6.42 Å². The van der Waals surface area contributed by atoms with E-state index in [1.54, 1.807) is 6.92 Å². The zero-order valence-corrected chi connectivity index (χ0v) is 8.83. The summed E-state index contributed by atoms with van der Waals surface area (Å²) in [5, 5.41) is 0. The molecule has 0 aliphatic heterocycles. The molecule has 2 N–H and O–H groups in total. The maximum absolute atomic E-state index is 12.3. The molecule has 1 rings (SSSR count). The Bertz CT molecular complexity index is 340. The highest BCUT2D eigenvalue weighted by Crippen LogP contribution is 2.23. The number of halogens is 3. The number of nitrogen functional groups attached to an aromatic ring is 1. The van der Waals surface area contributed by atoms with E-state index in [2.05, 4.69) is 9.97 Å². The fourth-order valence-electron chi connectivity index (χ4n) is 1.33. The summed E-state index contributed by atoms with van der Waals surface area (Å²) < 4.78 is 36.9. The second-order valence-electron chi connectivity index (χ2n) is 3.30. The van der Waals surface area contributed by atoms with Crippen LogP contribution in [0.15, 0.2) is 12.4 Å². The van der Waals surface area contributed by atoms with Crippen molar-refractivity contribution >= 4 is 11.6 Å². The van der Waals surface area contributed by atoms with Crippen molar-refractivity contribution in [3.05, 3.63) is 12.4 Å². The normalized spacial score (nSPS) is 11.5. The highest BCUT2D eigenvalue weighted by atomic mass is 19.4. The molecule has 0 unspecified atom stereocenters. The van der Waals surface area contributed by atoms with Crippen LogP contribution in [0.2, 0.25) is 0 Å². The van der Waals surface area contributed by atoms with E-state index >= 15 is 0 Å². The van der Waals surface area contributed by atoms with Crippen molar-refractivity contribution < 1.29 is 13.2 Å². The Morgan fingerprint density at radius 1 is 1.31 bits per heavy atom. The highest BCUT2D eigenvalue weighted by molar-refractivity contribution is 5.57. The molecule has 4 nitrogen and oxygen atoms in total. The van der Waals surface area contributed by atoms with Crippen molar-refractivity contribution in [1.29, 1.82) is 0 Å². The minimum Gasteiger partial charge on any atom is -0.381 e. The molecule has 0 radical (unpaired) electrons. The molecule has 90 valence electrons. The van der Waals surface area contributed by atoms with Gasteiger partial charge in [-0.25, -0.2) is 9.97 Å². The average molecular weight is 234 g/mol. The number of nitrogens with zero attached hydrogens (tertiary/aromatic N) is 3. The van der Waals surface area contributed by atoms with E-state index < -0.39 is 12.7 Å². The lowest BCUT2D eigenvalue weighted by molar-refractivity contribution is -0.119. The Morgan fingerprint density at radius 3 is 2.44 bits per heavy atom. The zero-order valence-electron chi connectivity index (χ0n) is 8.83. The van der Waals surface area contributed by atoms with Crippen molar-refractivity contribution in [2.75, 3.05) is 23.7 Å². The van der Waals surface area contributed by atoms with E-state index in [0.717, 1.165) is 4.90 Å². The first-order valence-corrected chi connectivity index (χ1v) is 4.82. The van der Waals surface area contributed by atoms with Crippen LogP contribution in [0, 0.1) is 0 Å². The summed E-state index contributed by atoms with van der Waals surface area (Å²) in [5.41, 5.74) is 5.49. The molecule has 0 spiro atoms. The quantitative estimate of drug-likeness (QED) is 0.863. The third-order valence-corrected chi connectivity index (χ3v) is 1.87. The minimum atomic E-state index is -4.28. The second-order valence-corrected chi connectivity index (χ2v) is 3.30. The Balaban J connectivity index is 2.89. The van der Waals surface area contributed by atoms with E-state index in [1.165, 1.54) is 12.4 Å². The van der Waals surface area contributed by atoms with Gasteiger partial charge in [0.15, 0.2) is 11.6 Å². The van der Waals surface area contributed by atoms with Crippen molar-refractivity contribution in [2.45, 2.75) is 19.5 Å². The number of hydrogen-bond acceptors (Lipinski definition) is 4. The molecule has 0 saturated carbocycles. The van der Waals surface area contributed by atoms with Crippen LogP contribution in [0.1, 0.15) is 13.3 Å². The summed E-state index contributed by atoms with van der Waals surface area (Å²) >= 11 is 0. The van der Waals surface area contributed by atoms with E-state index in [-0.39, 0.29) is 18.2 Å². The van der Waals surface area contributed by atoms with E-state index in [4.69, 9.17) is 5.73 Å². The molecule has 0 aliphatic rings. The molecular weight excluding hydrogens is 221 g/mol. The monoisotopic (exact) mass is 234 g/mol. The number of aromatic nitrogens is 2. The molecule has 0 aliphatic carbocycles. The first kappa shape index (κ1) is 12.5. The van der Waals surface area contributed by atoms with Gasteiger partial charge in [0.1, 0.15) is 6.54 Å². The summed E-state index contributed by atoms with van der Waals surface area (Å²) in [6, 6.07) is 0. The number of alkyl halides is 3. The van der Waals surface area contributed by atoms with Crippen molar-refractivity contribution in [3.63, 3.8) is 0 Å². The number of anilines is 2. The minimum absolute atomic E-state index is 0.0141. The van der Waals surface area contributed by atoms with E-state index in [1.807, 2.05) is 0 Å². The zero-order chi connectivity index (χ0) is 12.2. The second kappa shape index (κ2) is 5.00. The molecule has 1 aromatic rings. The van der Waals surface area contributed by atoms with Crippen molar-refractivity contribution in [1.82, 2.24) is 9.97 Å².